The zero-order valence-corrected chi connectivity index (χ0v) is 11.1. The van der Waals surface area contributed by atoms with E-state index in [1.54, 1.807) is 18.2 Å². The lowest BCUT2D eigenvalue weighted by Crippen LogP contribution is -2.33. The first kappa shape index (κ1) is 13.5. The van der Waals surface area contributed by atoms with E-state index in [4.69, 9.17) is 0 Å². The van der Waals surface area contributed by atoms with E-state index >= 15 is 0 Å². The predicted molar refractivity (Wildman–Crippen MR) is 73.3 cm³/mol. The summed E-state index contributed by atoms with van der Waals surface area (Å²) in [6.07, 6.45) is 1.15. The smallest absolute Gasteiger partial charge is 0.226 e. The summed E-state index contributed by atoms with van der Waals surface area (Å²) in [7, 11) is 0. The summed E-state index contributed by atoms with van der Waals surface area (Å²) >= 11 is 0. The van der Waals surface area contributed by atoms with E-state index in [2.05, 4.69) is 10.3 Å². The summed E-state index contributed by atoms with van der Waals surface area (Å²) in [6.45, 7) is 3.99. The van der Waals surface area contributed by atoms with E-state index in [-0.39, 0.29) is 24.2 Å². The zero-order valence-electron chi connectivity index (χ0n) is 11.1. The molecular formula is C15H17FN2O. The number of benzene rings is 1. The lowest BCUT2D eigenvalue weighted by atomic mass is 10.1. The van der Waals surface area contributed by atoms with Gasteiger partial charge in [0.2, 0.25) is 5.91 Å². The number of hydrogen-bond donors (Lipinski definition) is 1. The Morgan fingerprint density at radius 2 is 2.16 bits per heavy atom. The fourth-order valence-corrected chi connectivity index (χ4v) is 1.83. The summed E-state index contributed by atoms with van der Waals surface area (Å²) < 4.78 is 13.0. The van der Waals surface area contributed by atoms with E-state index in [9.17, 15) is 9.18 Å². The molecule has 4 heteroatoms. The van der Waals surface area contributed by atoms with Crippen molar-refractivity contribution in [3.8, 4) is 0 Å². The number of nitrogens with zero attached hydrogens (tertiary/aromatic N) is 1. The molecule has 1 amide bonds. The molecule has 1 aromatic carbocycles. The Kier molecular flexibility index (Phi) is 4.10. The van der Waals surface area contributed by atoms with Crippen molar-refractivity contribution in [3.63, 3.8) is 0 Å². The van der Waals surface area contributed by atoms with Crippen LogP contribution >= 0.6 is 0 Å². The third-order valence-corrected chi connectivity index (χ3v) is 3.07. The van der Waals surface area contributed by atoms with Crippen molar-refractivity contribution in [2.24, 2.45) is 0 Å². The second-order valence-corrected chi connectivity index (χ2v) is 4.69. The highest BCUT2D eigenvalue weighted by Gasteiger charge is 2.08. The first-order valence-electron chi connectivity index (χ1n) is 6.43. The molecule has 1 aromatic heterocycles. The van der Waals surface area contributed by atoms with Crippen molar-refractivity contribution >= 4 is 16.8 Å². The minimum absolute atomic E-state index is 0.0386. The molecule has 19 heavy (non-hydrogen) atoms. The van der Waals surface area contributed by atoms with Crippen LogP contribution in [0.3, 0.4) is 0 Å². The van der Waals surface area contributed by atoms with Gasteiger partial charge in [0.1, 0.15) is 5.82 Å². The van der Waals surface area contributed by atoms with Gasteiger partial charge in [-0.05, 0) is 37.6 Å². The van der Waals surface area contributed by atoms with Crippen LogP contribution in [-0.4, -0.2) is 16.9 Å². The second-order valence-electron chi connectivity index (χ2n) is 4.69. The molecule has 1 N–H and O–H groups in total. The number of fused-ring (bicyclic) bond motifs is 1. The van der Waals surface area contributed by atoms with Crippen molar-refractivity contribution in [1.29, 1.82) is 0 Å². The Hall–Kier alpha value is -1.97. The number of pyridine rings is 1. The molecule has 1 heterocycles. The zero-order chi connectivity index (χ0) is 13.8. The Bertz CT molecular complexity index is 598. The molecule has 1 atom stereocenters. The molecule has 100 valence electrons. The third kappa shape index (κ3) is 3.50. The molecule has 0 aliphatic carbocycles. The topological polar surface area (TPSA) is 42.0 Å². The molecule has 3 nitrogen and oxygen atoms in total. The molecule has 0 radical (unpaired) electrons. The van der Waals surface area contributed by atoms with Crippen LogP contribution in [0.5, 0.6) is 0 Å². The second kappa shape index (κ2) is 5.78. The Labute approximate surface area is 111 Å². The largest absolute Gasteiger partial charge is 0.353 e. The van der Waals surface area contributed by atoms with Crippen molar-refractivity contribution in [2.75, 3.05) is 0 Å². The lowest BCUT2D eigenvalue weighted by Gasteiger charge is -2.11. The molecule has 0 aliphatic heterocycles. The van der Waals surface area contributed by atoms with Crippen LogP contribution in [0, 0.1) is 5.82 Å². The van der Waals surface area contributed by atoms with Gasteiger partial charge in [-0.3, -0.25) is 9.78 Å². The number of hydrogen-bond acceptors (Lipinski definition) is 2. The molecule has 1 unspecified atom stereocenters. The van der Waals surface area contributed by atoms with Crippen molar-refractivity contribution in [1.82, 2.24) is 10.3 Å². The van der Waals surface area contributed by atoms with Crippen molar-refractivity contribution in [3.05, 3.63) is 41.8 Å². The van der Waals surface area contributed by atoms with Gasteiger partial charge in [-0.15, -0.1) is 0 Å². The SMILES string of the molecule is CCC(C)NC(=O)Cc1ccc2cc(F)ccc2n1. The van der Waals surface area contributed by atoms with Gasteiger partial charge in [0.15, 0.2) is 0 Å². The first-order chi connectivity index (χ1) is 9.08. The van der Waals surface area contributed by atoms with E-state index < -0.39 is 0 Å². The van der Waals surface area contributed by atoms with Crippen molar-refractivity contribution in [2.45, 2.75) is 32.7 Å². The average molecular weight is 260 g/mol. The van der Waals surface area contributed by atoms with E-state index in [1.807, 2.05) is 13.8 Å². The van der Waals surface area contributed by atoms with Crippen LogP contribution in [0.25, 0.3) is 10.9 Å². The summed E-state index contributed by atoms with van der Waals surface area (Å²) in [5.74, 6) is -0.320. The van der Waals surface area contributed by atoms with Gasteiger partial charge in [0.05, 0.1) is 17.6 Å². The fraction of sp³-hybridized carbons (Fsp3) is 0.333. The molecule has 0 saturated heterocycles. The fourth-order valence-electron chi connectivity index (χ4n) is 1.83. The molecule has 2 aromatic rings. The number of aromatic nitrogens is 1. The third-order valence-electron chi connectivity index (χ3n) is 3.07. The molecule has 0 aliphatic rings. The summed E-state index contributed by atoms with van der Waals surface area (Å²) in [4.78, 5) is 16.1. The number of amides is 1. The van der Waals surface area contributed by atoms with Gasteiger partial charge in [-0.2, -0.15) is 0 Å². The Balaban J connectivity index is 2.13. The number of halogens is 1. The van der Waals surface area contributed by atoms with Crippen LogP contribution in [0.2, 0.25) is 0 Å². The highest BCUT2D eigenvalue weighted by Crippen LogP contribution is 2.14. The van der Waals surface area contributed by atoms with Gasteiger partial charge in [-0.25, -0.2) is 4.39 Å². The minimum atomic E-state index is -0.281. The van der Waals surface area contributed by atoms with Crippen LogP contribution < -0.4 is 5.32 Å². The standard InChI is InChI=1S/C15H17FN2O/c1-3-10(2)17-15(19)9-13-6-4-11-8-12(16)5-7-14(11)18-13/h4-8,10H,3,9H2,1-2H3,(H,17,19). The molecule has 2 rings (SSSR count). The number of rotatable bonds is 4. The minimum Gasteiger partial charge on any atom is -0.353 e. The van der Waals surface area contributed by atoms with Crippen LogP contribution in [0.1, 0.15) is 26.0 Å². The molecule has 0 bridgehead atoms. The number of carbonyl (C=O) groups is 1. The molecule has 0 saturated carbocycles. The van der Waals surface area contributed by atoms with E-state index in [1.165, 1.54) is 12.1 Å². The normalized spacial score (nSPS) is 12.4. The monoisotopic (exact) mass is 260 g/mol. The quantitative estimate of drug-likeness (QED) is 0.918. The summed E-state index contributed by atoms with van der Waals surface area (Å²) in [5, 5.41) is 3.64. The highest BCUT2D eigenvalue weighted by atomic mass is 19.1. The maximum absolute atomic E-state index is 13.0. The van der Waals surface area contributed by atoms with Crippen LogP contribution in [0.15, 0.2) is 30.3 Å². The number of nitrogens with one attached hydrogen (secondary N) is 1. The van der Waals surface area contributed by atoms with E-state index in [0.29, 0.717) is 11.2 Å². The lowest BCUT2D eigenvalue weighted by molar-refractivity contribution is -0.121. The summed E-state index contributed by atoms with van der Waals surface area (Å²) in [6, 6.07) is 8.15. The maximum Gasteiger partial charge on any atom is 0.226 e. The van der Waals surface area contributed by atoms with Gasteiger partial charge in [-0.1, -0.05) is 13.0 Å². The number of carbonyl (C=O) groups excluding carboxylic acids is 1. The van der Waals surface area contributed by atoms with Crippen molar-refractivity contribution < 1.29 is 9.18 Å². The van der Waals surface area contributed by atoms with Crippen LogP contribution in [-0.2, 0) is 11.2 Å². The van der Waals surface area contributed by atoms with Gasteiger partial charge < -0.3 is 5.32 Å². The van der Waals surface area contributed by atoms with Gasteiger partial charge >= 0.3 is 0 Å². The van der Waals surface area contributed by atoms with E-state index in [0.717, 1.165) is 11.8 Å². The van der Waals surface area contributed by atoms with Gasteiger partial charge in [0, 0.05) is 11.4 Å². The highest BCUT2D eigenvalue weighted by molar-refractivity contribution is 5.81. The molecule has 0 fully saturated rings. The first-order valence-corrected chi connectivity index (χ1v) is 6.43. The molecule has 0 spiro atoms. The Morgan fingerprint density at radius 1 is 1.37 bits per heavy atom. The predicted octanol–water partition coefficient (Wildman–Crippen LogP) is 2.83. The average Bonchev–Trinajstić information content (AvgIpc) is 2.38. The summed E-state index contributed by atoms with van der Waals surface area (Å²) in [5.41, 5.74) is 1.40. The van der Waals surface area contributed by atoms with Gasteiger partial charge in [0.25, 0.3) is 0 Å². The Morgan fingerprint density at radius 3 is 2.89 bits per heavy atom. The molecular weight excluding hydrogens is 243 g/mol. The van der Waals surface area contributed by atoms with Crippen LogP contribution in [0.4, 0.5) is 4.39 Å². The maximum atomic E-state index is 13.0.